The predicted molar refractivity (Wildman–Crippen MR) is 208 cm³/mol. The molecule has 7 atom stereocenters. The van der Waals surface area contributed by atoms with Gasteiger partial charge in [-0.05, 0) is 136 Å². The number of hydrogen-bond acceptors (Lipinski definition) is 10. The van der Waals surface area contributed by atoms with Crippen molar-refractivity contribution in [1.29, 1.82) is 0 Å². The van der Waals surface area contributed by atoms with Crippen molar-refractivity contribution >= 4 is 23.9 Å². The second kappa shape index (κ2) is 16.6. The lowest BCUT2D eigenvalue weighted by atomic mass is 9.52. The summed E-state index contributed by atoms with van der Waals surface area (Å²) in [6.07, 6.45) is 15.8. The average molecular weight is 775 g/mol. The molecular weight excluding hydrogens is 700 g/mol. The Morgan fingerprint density at radius 2 is 1.35 bits per heavy atom. The van der Waals surface area contributed by atoms with E-state index in [4.69, 9.17) is 23.7 Å². The molecule has 8 rings (SSSR count). The Hall–Kier alpha value is -2.20. The van der Waals surface area contributed by atoms with E-state index >= 15 is 0 Å². The van der Waals surface area contributed by atoms with Crippen LogP contribution in [0.15, 0.2) is 0 Å². The van der Waals surface area contributed by atoms with Gasteiger partial charge in [0.25, 0.3) is 0 Å². The Labute approximate surface area is 331 Å². The van der Waals surface area contributed by atoms with E-state index in [1.807, 2.05) is 62.3 Å². The first-order valence-corrected chi connectivity index (χ1v) is 21.7. The fourth-order valence-corrected chi connectivity index (χ4v) is 10.5. The molecule has 7 aliphatic carbocycles. The third-order valence-corrected chi connectivity index (χ3v) is 15.0. The first-order valence-electron chi connectivity index (χ1n) is 21.7. The van der Waals surface area contributed by atoms with Crippen LogP contribution in [0.4, 0.5) is 0 Å². The summed E-state index contributed by atoms with van der Waals surface area (Å²) in [5.41, 5.74) is -1.90. The van der Waals surface area contributed by atoms with Crippen molar-refractivity contribution in [2.45, 2.75) is 195 Å². The molecule has 1 saturated heterocycles. The number of carbonyl (C=O) groups is 4. The zero-order valence-electron chi connectivity index (χ0n) is 35.9. The lowest BCUT2D eigenvalue weighted by Crippen LogP contribution is -2.61. The average Bonchev–Trinajstić information content (AvgIpc) is 3.75. The largest absolute Gasteiger partial charge is 0.459 e. The van der Waals surface area contributed by atoms with Gasteiger partial charge in [-0.15, -0.1) is 0 Å². The van der Waals surface area contributed by atoms with Crippen LogP contribution in [-0.2, 0) is 42.9 Å². The standard InChI is InChI=1S/C16H26O3.C15H28O3.C14H20O4/c1-4-14(2,3)13(17)19-16-8-11-5-12(9-16)7-15(18,6-11)10-16;1-5-14(2,3)13(16)18-12-17-11-15(4)9-7-6-8-10-15;1-4-14(2,3)13(16)18-10-7-5-8-9(6-7)12(15)17-11(8)10/h11-12,18H,4-10H2,1-3H3;5-12H2,1-4H3;7-11H,4-6H2,1-3H3. The molecule has 7 unspecified atom stereocenters. The highest BCUT2D eigenvalue weighted by Crippen LogP contribution is 2.59. The van der Waals surface area contributed by atoms with E-state index in [0.717, 1.165) is 57.8 Å². The maximum Gasteiger partial charge on any atom is 0.313 e. The molecule has 6 bridgehead atoms. The molecule has 8 fully saturated rings. The van der Waals surface area contributed by atoms with Gasteiger partial charge in [0.05, 0.1) is 34.4 Å². The molecule has 10 heteroatoms. The summed E-state index contributed by atoms with van der Waals surface area (Å²) >= 11 is 0. The van der Waals surface area contributed by atoms with E-state index in [0.29, 0.717) is 36.7 Å². The molecule has 1 N–H and O–H groups in total. The van der Waals surface area contributed by atoms with Crippen LogP contribution in [-0.4, -0.2) is 65.8 Å². The van der Waals surface area contributed by atoms with Gasteiger partial charge in [0.15, 0.2) is 6.79 Å². The summed E-state index contributed by atoms with van der Waals surface area (Å²) < 4.78 is 27.7. The predicted octanol–water partition coefficient (Wildman–Crippen LogP) is 8.88. The summed E-state index contributed by atoms with van der Waals surface area (Å²) in [5.74, 6) is 1.32. The van der Waals surface area contributed by atoms with Gasteiger partial charge in [-0.1, -0.05) is 47.0 Å². The quantitative estimate of drug-likeness (QED) is 0.0887. The van der Waals surface area contributed by atoms with Crippen molar-refractivity contribution in [3.63, 3.8) is 0 Å². The highest BCUT2D eigenvalue weighted by molar-refractivity contribution is 5.78. The Kier molecular flexibility index (Phi) is 13.2. The molecule has 0 spiro atoms. The second-order valence-corrected chi connectivity index (χ2v) is 21.0. The summed E-state index contributed by atoms with van der Waals surface area (Å²) in [6.45, 7) is 20.5. The number of aliphatic hydroxyl groups is 1. The van der Waals surface area contributed by atoms with Crippen molar-refractivity contribution in [2.75, 3.05) is 13.4 Å². The Bertz CT molecular complexity index is 1380. The van der Waals surface area contributed by atoms with Crippen LogP contribution in [0.2, 0.25) is 0 Å². The number of ether oxygens (including phenoxy) is 5. The molecule has 0 amide bonds. The molecule has 314 valence electrons. The van der Waals surface area contributed by atoms with Gasteiger partial charge >= 0.3 is 23.9 Å². The van der Waals surface area contributed by atoms with Crippen LogP contribution in [0, 0.1) is 51.2 Å². The minimum atomic E-state index is -0.555. The Balaban J connectivity index is 0.000000158. The molecule has 0 aromatic carbocycles. The number of rotatable bonds is 12. The number of esters is 4. The summed E-state index contributed by atoms with van der Waals surface area (Å²) in [5, 5.41) is 10.6. The third-order valence-electron chi connectivity index (χ3n) is 15.0. The highest BCUT2D eigenvalue weighted by Gasteiger charge is 2.64. The summed E-state index contributed by atoms with van der Waals surface area (Å²) in [6, 6.07) is 0. The van der Waals surface area contributed by atoms with Crippen LogP contribution in [0.5, 0.6) is 0 Å². The molecule has 1 aliphatic heterocycles. The van der Waals surface area contributed by atoms with Gasteiger partial charge in [-0.25, -0.2) is 0 Å². The van der Waals surface area contributed by atoms with E-state index < -0.39 is 21.8 Å². The zero-order chi connectivity index (χ0) is 40.6. The SMILES string of the molecule is CCC(C)(C)C(=O)OC12CC3CC(CC(O)(C3)C1)C2.CCC(C)(C)C(=O)OC1C2CC3C(=O)OC1C3C2.CCC(C)(C)C(=O)OCOCC1(C)CCCCC1. The molecule has 0 radical (unpaired) electrons. The molecule has 8 aliphatic rings. The van der Waals surface area contributed by atoms with Crippen molar-refractivity contribution in [1.82, 2.24) is 0 Å². The van der Waals surface area contributed by atoms with Gasteiger partial charge in [0, 0.05) is 18.3 Å². The maximum absolute atomic E-state index is 12.4. The van der Waals surface area contributed by atoms with Crippen molar-refractivity contribution in [2.24, 2.45) is 51.2 Å². The van der Waals surface area contributed by atoms with Crippen LogP contribution >= 0.6 is 0 Å². The maximum atomic E-state index is 12.4. The lowest BCUT2D eigenvalue weighted by Gasteiger charge is -2.59. The van der Waals surface area contributed by atoms with E-state index in [-0.39, 0.29) is 59.8 Å². The van der Waals surface area contributed by atoms with Gasteiger partial charge < -0.3 is 28.8 Å². The van der Waals surface area contributed by atoms with Crippen molar-refractivity contribution in [3.05, 3.63) is 0 Å². The lowest BCUT2D eigenvalue weighted by molar-refractivity contribution is -0.225. The fraction of sp³-hybridized carbons (Fsp3) is 0.911. The molecule has 7 saturated carbocycles. The Morgan fingerprint density at radius 1 is 0.782 bits per heavy atom. The van der Waals surface area contributed by atoms with Gasteiger partial charge in [-0.2, -0.15) is 0 Å². The zero-order valence-corrected chi connectivity index (χ0v) is 35.9. The minimum absolute atomic E-state index is 0.0779. The number of hydrogen-bond donors (Lipinski definition) is 1. The topological polar surface area (TPSA) is 135 Å². The van der Waals surface area contributed by atoms with E-state index in [1.165, 1.54) is 38.5 Å². The van der Waals surface area contributed by atoms with E-state index in [1.54, 1.807) is 0 Å². The fourth-order valence-electron chi connectivity index (χ4n) is 10.5. The molecule has 1 heterocycles. The molecule has 55 heavy (non-hydrogen) atoms. The molecule has 0 aromatic heterocycles. The summed E-state index contributed by atoms with van der Waals surface area (Å²) in [4.78, 5) is 47.8. The van der Waals surface area contributed by atoms with Crippen LogP contribution < -0.4 is 0 Å². The normalized spacial score (nSPS) is 35.2. The monoisotopic (exact) mass is 775 g/mol. The third kappa shape index (κ3) is 9.92. The number of carbonyl (C=O) groups excluding carboxylic acids is 4. The van der Waals surface area contributed by atoms with E-state index in [2.05, 4.69) is 6.92 Å². The van der Waals surface area contributed by atoms with Gasteiger partial charge in [0.1, 0.15) is 17.8 Å². The van der Waals surface area contributed by atoms with Gasteiger partial charge in [0.2, 0.25) is 0 Å². The van der Waals surface area contributed by atoms with Gasteiger partial charge in [-0.3, -0.25) is 19.2 Å². The summed E-state index contributed by atoms with van der Waals surface area (Å²) in [7, 11) is 0. The second-order valence-electron chi connectivity index (χ2n) is 21.0. The van der Waals surface area contributed by atoms with Crippen LogP contribution in [0.3, 0.4) is 0 Å². The van der Waals surface area contributed by atoms with Crippen molar-refractivity contribution < 1.29 is 48.0 Å². The molecule has 0 aromatic rings. The minimum Gasteiger partial charge on any atom is -0.459 e. The Morgan fingerprint density at radius 3 is 1.91 bits per heavy atom. The number of fused-ring (bicyclic) bond motifs is 1. The van der Waals surface area contributed by atoms with E-state index in [9.17, 15) is 24.3 Å². The first kappa shape index (κ1) is 43.9. The molecular formula is C45H74O10. The highest BCUT2D eigenvalue weighted by atomic mass is 16.7. The molecule has 10 nitrogen and oxygen atoms in total. The first-order chi connectivity index (χ1) is 25.6. The van der Waals surface area contributed by atoms with Crippen LogP contribution in [0.25, 0.3) is 0 Å². The smallest absolute Gasteiger partial charge is 0.313 e. The van der Waals surface area contributed by atoms with Crippen molar-refractivity contribution in [3.8, 4) is 0 Å². The van der Waals surface area contributed by atoms with Crippen LogP contribution in [0.1, 0.15) is 172 Å².